The van der Waals surface area contributed by atoms with Crippen molar-refractivity contribution in [3.05, 3.63) is 78.0 Å². The maximum absolute atomic E-state index is 12.9. The molecule has 1 aliphatic rings. The number of carbonyl (C=O) groups is 2. The molecule has 1 fully saturated rings. The van der Waals surface area contributed by atoms with Gasteiger partial charge in [0.05, 0.1) is 12.8 Å². The molecule has 42 heavy (non-hydrogen) atoms. The van der Waals surface area contributed by atoms with Crippen molar-refractivity contribution < 1.29 is 32.2 Å². The second-order valence-corrected chi connectivity index (χ2v) is 9.45. The first-order valence-corrected chi connectivity index (χ1v) is 12.8. The largest absolute Gasteiger partial charge is 0.573 e. The highest BCUT2D eigenvalue weighted by molar-refractivity contribution is 6.04. The Morgan fingerprint density at radius 1 is 1.07 bits per heavy atom. The van der Waals surface area contributed by atoms with Crippen LogP contribution in [0.3, 0.4) is 0 Å². The summed E-state index contributed by atoms with van der Waals surface area (Å²) < 4.78 is 46.3. The lowest BCUT2D eigenvalue weighted by Gasteiger charge is -2.18. The first-order chi connectivity index (χ1) is 20.1. The molecule has 3 amide bonds. The van der Waals surface area contributed by atoms with Crippen LogP contribution in [0, 0.1) is 0 Å². The zero-order chi connectivity index (χ0) is 29.9. The van der Waals surface area contributed by atoms with Gasteiger partial charge in [0, 0.05) is 48.2 Å². The smallest absolute Gasteiger partial charge is 0.481 e. The topological polar surface area (TPSA) is 147 Å². The summed E-state index contributed by atoms with van der Waals surface area (Å²) in [4.78, 5) is 30.9. The maximum atomic E-state index is 12.9. The van der Waals surface area contributed by atoms with E-state index in [0.717, 1.165) is 5.56 Å². The number of pyridine rings is 1. The Morgan fingerprint density at radius 2 is 1.81 bits per heavy atom. The monoisotopic (exact) mass is 581 g/mol. The Hall–Kier alpha value is -5.27. The van der Waals surface area contributed by atoms with E-state index in [1.165, 1.54) is 19.2 Å². The van der Waals surface area contributed by atoms with E-state index < -0.39 is 12.3 Å². The Balaban J connectivity index is 1.22. The molecule has 2 aromatic carbocycles. The lowest BCUT2D eigenvalue weighted by atomic mass is 9.98. The van der Waals surface area contributed by atoms with Gasteiger partial charge in [0.2, 0.25) is 5.88 Å². The first kappa shape index (κ1) is 28.3. The summed E-state index contributed by atoms with van der Waals surface area (Å²) in [7, 11) is 1.49. The molecule has 14 heteroatoms. The molecule has 0 radical (unpaired) electrons. The number of alkyl halides is 3. The lowest BCUT2D eigenvalue weighted by molar-refractivity contribution is -0.274. The maximum Gasteiger partial charge on any atom is 0.573 e. The van der Waals surface area contributed by atoms with Crippen molar-refractivity contribution in [2.75, 3.05) is 30.8 Å². The molecule has 2 aromatic heterocycles. The highest BCUT2D eigenvalue weighted by atomic mass is 19.4. The number of nitrogens with one attached hydrogen (secondary N) is 3. The third kappa shape index (κ3) is 6.54. The minimum Gasteiger partial charge on any atom is -0.481 e. The van der Waals surface area contributed by atoms with Crippen LogP contribution in [0.25, 0.3) is 11.3 Å². The summed E-state index contributed by atoms with van der Waals surface area (Å²) in [5.74, 6) is -0.379. The molecule has 11 nitrogen and oxygen atoms in total. The van der Waals surface area contributed by atoms with Crippen LogP contribution in [0.4, 0.5) is 35.2 Å². The molecular weight excluding hydrogens is 555 g/mol. The van der Waals surface area contributed by atoms with Gasteiger partial charge in [0.15, 0.2) is 5.82 Å². The number of methoxy groups -OCH3 is 1. The number of primary amides is 1. The molecule has 1 atom stereocenters. The van der Waals surface area contributed by atoms with Crippen LogP contribution in [0.5, 0.6) is 11.6 Å². The molecule has 1 unspecified atom stereocenters. The fraction of sp³-hybridized carbons (Fsp3) is 0.214. The van der Waals surface area contributed by atoms with Gasteiger partial charge in [-0.25, -0.2) is 9.78 Å². The summed E-state index contributed by atoms with van der Waals surface area (Å²) in [6, 6.07) is 15.5. The van der Waals surface area contributed by atoms with E-state index in [-0.39, 0.29) is 29.1 Å². The fourth-order valence-corrected chi connectivity index (χ4v) is 4.70. The van der Waals surface area contributed by atoms with E-state index >= 15 is 0 Å². The average Bonchev–Trinajstić information content (AvgIpc) is 3.61. The van der Waals surface area contributed by atoms with E-state index in [1.54, 1.807) is 59.6 Å². The van der Waals surface area contributed by atoms with Crippen LogP contribution in [0.15, 0.2) is 66.9 Å². The Bertz CT molecular complexity index is 1570. The molecule has 4 aromatic rings. The number of likely N-dealkylation sites (tertiary alicyclic amines) is 1. The number of hydrogen-bond acceptors (Lipinski definition) is 7. The number of ether oxygens (including phenoxy) is 2. The first-order valence-electron chi connectivity index (χ1n) is 12.8. The average molecular weight is 582 g/mol. The molecule has 1 aliphatic heterocycles. The van der Waals surface area contributed by atoms with E-state index in [0.29, 0.717) is 48.0 Å². The normalized spacial score (nSPS) is 14.9. The molecule has 1 saturated heterocycles. The Kier molecular flexibility index (Phi) is 7.86. The quantitative estimate of drug-likeness (QED) is 0.222. The van der Waals surface area contributed by atoms with Crippen LogP contribution >= 0.6 is 0 Å². The van der Waals surface area contributed by atoms with Gasteiger partial charge < -0.3 is 30.7 Å². The zero-order valence-corrected chi connectivity index (χ0v) is 22.2. The number of benzene rings is 2. The number of H-pyrrole nitrogens is 1. The molecule has 0 saturated carbocycles. The minimum absolute atomic E-state index is 0.0123. The number of nitrogens with zero attached hydrogens (tertiary/aromatic N) is 3. The Morgan fingerprint density at radius 3 is 2.48 bits per heavy atom. The highest BCUT2D eigenvalue weighted by Crippen LogP contribution is 2.32. The number of aromatic amines is 1. The molecule has 5 rings (SSSR count). The summed E-state index contributed by atoms with van der Waals surface area (Å²) >= 11 is 0. The van der Waals surface area contributed by atoms with Crippen LogP contribution < -0.4 is 25.8 Å². The summed E-state index contributed by atoms with van der Waals surface area (Å²) in [6.07, 6.45) is -2.54. The van der Waals surface area contributed by atoms with E-state index in [1.807, 2.05) is 0 Å². The van der Waals surface area contributed by atoms with Crippen LogP contribution in [-0.2, 0) is 0 Å². The second-order valence-electron chi connectivity index (χ2n) is 9.45. The molecule has 218 valence electrons. The summed E-state index contributed by atoms with van der Waals surface area (Å²) in [6.45, 7) is 0.906. The van der Waals surface area contributed by atoms with Crippen molar-refractivity contribution >= 4 is 29.1 Å². The van der Waals surface area contributed by atoms with Crippen molar-refractivity contribution in [3.8, 4) is 22.9 Å². The van der Waals surface area contributed by atoms with Crippen molar-refractivity contribution in [1.29, 1.82) is 0 Å². The van der Waals surface area contributed by atoms with Gasteiger partial charge in [-0.05, 0) is 42.3 Å². The number of halogens is 3. The lowest BCUT2D eigenvalue weighted by Crippen LogP contribution is -2.32. The number of aromatic nitrogens is 3. The molecule has 5 N–H and O–H groups in total. The van der Waals surface area contributed by atoms with Gasteiger partial charge in [0.1, 0.15) is 11.3 Å². The molecular formula is C28H26F3N7O4. The van der Waals surface area contributed by atoms with E-state index in [4.69, 9.17) is 10.5 Å². The van der Waals surface area contributed by atoms with Gasteiger partial charge in [-0.1, -0.05) is 24.3 Å². The van der Waals surface area contributed by atoms with Gasteiger partial charge in [-0.3, -0.25) is 9.89 Å². The van der Waals surface area contributed by atoms with Gasteiger partial charge in [-0.15, -0.1) is 13.2 Å². The number of hydrogen-bond donors (Lipinski definition) is 4. The molecule has 3 heterocycles. The van der Waals surface area contributed by atoms with Crippen LogP contribution in [0.1, 0.15) is 28.3 Å². The van der Waals surface area contributed by atoms with Gasteiger partial charge in [0.25, 0.3) is 5.91 Å². The SMILES string of the molecule is COc1cc(Nc2n[nH]c(-c3ccc(NC(=O)N4CCC(c5ccc(OC(F)(F)F)cc5)C4)cc3)c2C(N)=O)ccn1. The van der Waals surface area contributed by atoms with Crippen LogP contribution in [0.2, 0.25) is 0 Å². The second kappa shape index (κ2) is 11.7. The summed E-state index contributed by atoms with van der Waals surface area (Å²) in [5.41, 5.74) is 8.79. The highest BCUT2D eigenvalue weighted by Gasteiger charge is 2.32. The standard InChI is InChI=1S/C28H26F3N7O4/c1-41-22-14-20(10-12-33-22)34-26-23(25(32)39)24(36-37-26)17-2-6-19(7-3-17)35-27(40)38-13-11-18(15-38)16-4-8-21(9-5-16)42-28(29,30)31/h2-10,12,14,18H,11,13,15H2,1H3,(H2,32,39)(H,35,40)(H2,33,34,36,37). The third-order valence-corrected chi connectivity index (χ3v) is 6.70. The number of urea groups is 1. The molecule has 0 aliphatic carbocycles. The van der Waals surface area contributed by atoms with E-state index in [9.17, 15) is 22.8 Å². The number of carbonyl (C=O) groups excluding carboxylic acids is 2. The van der Waals surface area contributed by atoms with E-state index in [2.05, 4.69) is 30.6 Å². The van der Waals surface area contributed by atoms with Gasteiger partial charge in [-0.2, -0.15) is 5.10 Å². The number of nitrogens with two attached hydrogens (primary N) is 1. The van der Waals surface area contributed by atoms with Crippen molar-refractivity contribution in [2.45, 2.75) is 18.7 Å². The predicted octanol–water partition coefficient (Wildman–Crippen LogP) is 5.24. The van der Waals surface area contributed by atoms with Crippen LogP contribution in [-0.4, -0.2) is 58.6 Å². The van der Waals surface area contributed by atoms with Crippen molar-refractivity contribution in [3.63, 3.8) is 0 Å². The summed E-state index contributed by atoms with van der Waals surface area (Å²) in [5, 5.41) is 12.9. The molecule has 0 bridgehead atoms. The minimum atomic E-state index is -4.75. The number of amides is 3. The van der Waals surface area contributed by atoms with Gasteiger partial charge >= 0.3 is 12.4 Å². The number of rotatable bonds is 8. The Labute approximate surface area is 237 Å². The number of anilines is 3. The zero-order valence-electron chi connectivity index (χ0n) is 22.2. The molecule has 0 spiro atoms. The fourth-order valence-electron chi connectivity index (χ4n) is 4.70. The van der Waals surface area contributed by atoms with Crippen molar-refractivity contribution in [2.24, 2.45) is 5.73 Å². The van der Waals surface area contributed by atoms with Crippen molar-refractivity contribution in [1.82, 2.24) is 20.1 Å². The predicted molar refractivity (Wildman–Crippen MR) is 148 cm³/mol. The third-order valence-electron chi connectivity index (χ3n) is 6.70.